The van der Waals surface area contributed by atoms with Gasteiger partial charge in [0.25, 0.3) is 0 Å². The number of hydrogen-bond donors (Lipinski definition) is 1. The minimum Gasteiger partial charge on any atom is -0.494 e. The van der Waals surface area contributed by atoms with Crippen molar-refractivity contribution >= 4 is 0 Å². The van der Waals surface area contributed by atoms with Crippen LogP contribution in [0.2, 0.25) is 0 Å². The fraction of sp³-hybridized carbons (Fsp3) is 0.600. The minimum atomic E-state index is 0.818. The van der Waals surface area contributed by atoms with Crippen LogP contribution >= 0.6 is 0 Å². The van der Waals surface area contributed by atoms with Crippen molar-refractivity contribution < 1.29 is 4.74 Å². The van der Waals surface area contributed by atoms with Crippen LogP contribution in [-0.2, 0) is 0 Å². The van der Waals surface area contributed by atoms with Crippen LogP contribution in [-0.4, -0.2) is 44.2 Å². The largest absolute Gasteiger partial charge is 0.494 e. The van der Waals surface area contributed by atoms with Gasteiger partial charge in [-0.1, -0.05) is 18.2 Å². The molecule has 1 saturated heterocycles. The van der Waals surface area contributed by atoms with E-state index in [-0.39, 0.29) is 0 Å². The lowest BCUT2D eigenvalue weighted by atomic mass is 10.2. The molecule has 0 bridgehead atoms. The number of ether oxygens (including phenoxy) is 1. The van der Waals surface area contributed by atoms with Crippen LogP contribution in [0.1, 0.15) is 19.3 Å². The summed E-state index contributed by atoms with van der Waals surface area (Å²) in [5, 5.41) is 3.45. The van der Waals surface area contributed by atoms with Crippen molar-refractivity contribution in [2.24, 2.45) is 0 Å². The second-order valence-electron chi connectivity index (χ2n) is 4.81. The Morgan fingerprint density at radius 1 is 1.06 bits per heavy atom. The summed E-state index contributed by atoms with van der Waals surface area (Å²) in [6, 6.07) is 10.1. The fourth-order valence-electron chi connectivity index (χ4n) is 2.31. The minimum absolute atomic E-state index is 0.818. The quantitative estimate of drug-likeness (QED) is 0.808. The van der Waals surface area contributed by atoms with Gasteiger partial charge in [0.1, 0.15) is 5.75 Å². The molecule has 3 nitrogen and oxygen atoms in total. The molecule has 0 aromatic heterocycles. The maximum absolute atomic E-state index is 5.71. The van der Waals surface area contributed by atoms with Gasteiger partial charge in [0.2, 0.25) is 0 Å². The second kappa shape index (κ2) is 8.11. The highest BCUT2D eigenvalue weighted by Crippen LogP contribution is 2.08. The molecule has 1 aliphatic rings. The van der Waals surface area contributed by atoms with Gasteiger partial charge in [-0.2, -0.15) is 0 Å². The van der Waals surface area contributed by atoms with Crippen molar-refractivity contribution in [3.8, 4) is 5.75 Å². The maximum Gasteiger partial charge on any atom is 0.119 e. The Bertz CT molecular complexity index is 308. The highest BCUT2D eigenvalue weighted by atomic mass is 16.5. The zero-order valence-corrected chi connectivity index (χ0v) is 11.1. The van der Waals surface area contributed by atoms with Crippen molar-refractivity contribution in [3.63, 3.8) is 0 Å². The molecule has 1 aromatic carbocycles. The predicted octanol–water partition coefficient (Wildman–Crippen LogP) is 2.14. The number of nitrogens with zero attached hydrogens (tertiary/aromatic N) is 1. The molecule has 0 spiro atoms. The van der Waals surface area contributed by atoms with E-state index in [0.29, 0.717) is 0 Å². The molecule has 3 heteroatoms. The molecule has 1 aliphatic heterocycles. The molecule has 0 unspecified atom stereocenters. The van der Waals surface area contributed by atoms with Gasteiger partial charge in [-0.15, -0.1) is 0 Å². The van der Waals surface area contributed by atoms with Crippen molar-refractivity contribution in [1.29, 1.82) is 0 Å². The molecule has 2 rings (SSSR count). The Morgan fingerprint density at radius 2 is 1.78 bits per heavy atom. The van der Waals surface area contributed by atoms with Crippen LogP contribution in [0.15, 0.2) is 30.3 Å². The van der Waals surface area contributed by atoms with Crippen molar-refractivity contribution in [1.82, 2.24) is 10.2 Å². The smallest absolute Gasteiger partial charge is 0.119 e. The van der Waals surface area contributed by atoms with Gasteiger partial charge in [0, 0.05) is 6.54 Å². The summed E-state index contributed by atoms with van der Waals surface area (Å²) in [7, 11) is 0. The summed E-state index contributed by atoms with van der Waals surface area (Å²) in [5.74, 6) is 0.981. The van der Waals surface area contributed by atoms with Gasteiger partial charge in [0.15, 0.2) is 0 Å². The van der Waals surface area contributed by atoms with Crippen molar-refractivity contribution in [2.45, 2.75) is 19.3 Å². The van der Waals surface area contributed by atoms with E-state index in [1.165, 1.54) is 25.9 Å². The Morgan fingerprint density at radius 3 is 2.50 bits per heavy atom. The van der Waals surface area contributed by atoms with E-state index in [1.807, 2.05) is 30.3 Å². The summed E-state index contributed by atoms with van der Waals surface area (Å²) < 4.78 is 5.71. The van der Waals surface area contributed by atoms with E-state index >= 15 is 0 Å². The normalized spacial score (nSPS) is 18.0. The Hall–Kier alpha value is -1.06. The zero-order valence-electron chi connectivity index (χ0n) is 11.1. The zero-order chi connectivity index (χ0) is 12.5. The summed E-state index contributed by atoms with van der Waals surface area (Å²) >= 11 is 0. The number of rotatable bonds is 5. The summed E-state index contributed by atoms with van der Waals surface area (Å²) in [6.45, 7) is 6.75. The molecule has 18 heavy (non-hydrogen) atoms. The van der Waals surface area contributed by atoms with Crippen molar-refractivity contribution in [3.05, 3.63) is 30.3 Å². The Balaban J connectivity index is 1.59. The SMILES string of the molecule is c1ccc(OCCCN2CCCNCCC2)cc1. The lowest BCUT2D eigenvalue weighted by molar-refractivity contribution is 0.222. The average Bonchev–Trinajstić information content (AvgIpc) is 2.38. The van der Waals surface area contributed by atoms with E-state index < -0.39 is 0 Å². The number of nitrogens with one attached hydrogen (secondary N) is 1. The maximum atomic E-state index is 5.71. The van der Waals surface area contributed by atoms with Gasteiger partial charge in [-0.3, -0.25) is 0 Å². The lowest BCUT2D eigenvalue weighted by Gasteiger charge is -2.24. The Kier molecular flexibility index (Phi) is 6.03. The topological polar surface area (TPSA) is 24.5 Å². The first-order valence-electron chi connectivity index (χ1n) is 7.06. The molecule has 1 fully saturated rings. The summed E-state index contributed by atoms with van der Waals surface area (Å²) in [5.41, 5.74) is 0. The van der Waals surface area contributed by atoms with E-state index in [2.05, 4.69) is 10.2 Å². The molecular weight excluding hydrogens is 224 g/mol. The van der Waals surface area contributed by atoms with Crippen LogP contribution < -0.4 is 10.1 Å². The van der Waals surface area contributed by atoms with E-state index in [9.17, 15) is 0 Å². The van der Waals surface area contributed by atoms with Crippen LogP contribution in [0.3, 0.4) is 0 Å². The van der Waals surface area contributed by atoms with Crippen LogP contribution in [0.5, 0.6) is 5.75 Å². The average molecular weight is 248 g/mol. The Labute approximate surface area is 110 Å². The van der Waals surface area contributed by atoms with Gasteiger partial charge in [-0.25, -0.2) is 0 Å². The molecule has 0 radical (unpaired) electrons. The standard InChI is InChI=1S/C15H24N2O/c1-2-7-15(8-3-1)18-14-6-13-17-11-4-9-16-10-5-12-17/h1-3,7-8,16H,4-6,9-14H2. The molecule has 1 N–H and O–H groups in total. The van der Waals surface area contributed by atoms with E-state index in [0.717, 1.165) is 38.4 Å². The highest BCUT2D eigenvalue weighted by molar-refractivity contribution is 5.20. The molecule has 100 valence electrons. The predicted molar refractivity (Wildman–Crippen MR) is 75.1 cm³/mol. The van der Waals surface area contributed by atoms with E-state index in [1.54, 1.807) is 0 Å². The van der Waals surface area contributed by atoms with Gasteiger partial charge >= 0.3 is 0 Å². The van der Waals surface area contributed by atoms with Gasteiger partial charge in [-0.05, 0) is 57.6 Å². The molecule has 0 saturated carbocycles. The summed E-state index contributed by atoms with van der Waals surface area (Å²) in [4.78, 5) is 2.56. The lowest BCUT2D eigenvalue weighted by Crippen LogP contribution is -2.34. The first-order chi connectivity index (χ1) is 8.95. The second-order valence-corrected chi connectivity index (χ2v) is 4.81. The molecule has 0 amide bonds. The number of benzene rings is 1. The van der Waals surface area contributed by atoms with Gasteiger partial charge < -0.3 is 15.0 Å². The third-order valence-corrected chi connectivity index (χ3v) is 3.29. The molecule has 0 aliphatic carbocycles. The monoisotopic (exact) mass is 248 g/mol. The third kappa shape index (κ3) is 5.07. The molecule has 1 aromatic rings. The fourth-order valence-corrected chi connectivity index (χ4v) is 2.31. The first kappa shape index (κ1) is 13.4. The summed E-state index contributed by atoms with van der Waals surface area (Å²) in [6.07, 6.45) is 3.64. The number of hydrogen-bond acceptors (Lipinski definition) is 3. The number of para-hydroxylation sites is 1. The van der Waals surface area contributed by atoms with Crippen LogP contribution in [0, 0.1) is 0 Å². The van der Waals surface area contributed by atoms with Crippen molar-refractivity contribution in [2.75, 3.05) is 39.3 Å². The highest BCUT2D eigenvalue weighted by Gasteiger charge is 2.06. The molecule has 0 atom stereocenters. The van der Waals surface area contributed by atoms with Crippen LogP contribution in [0.25, 0.3) is 0 Å². The van der Waals surface area contributed by atoms with Gasteiger partial charge in [0.05, 0.1) is 6.61 Å². The first-order valence-corrected chi connectivity index (χ1v) is 7.06. The molecular formula is C15H24N2O. The van der Waals surface area contributed by atoms with E-state index in [4.69, 9.17) is 4.74 Å². The molecule has 1 heterocycles. The van der Waals surface area contributed by atoms with Crippen LogP contribution in [0.4, 0.5) is 0 Å². The third-order valence-electron chi connectivity index (χ3n) is 3.29.